The minimum atomic E-state index is -0.488. The summed E-state index contributed by atoms with van der Waals surface area (Å²) in [5.74, 6) is 2.46. The Morgan fingerprint density at radius 2 is 1.74 bits per heavy atom. The van der Waals surface area contributed by atoms with Crippen LogP contribution in [-0.2, 0) is 0 Å². The second kappa shape index (κ2) is 8.78. The summed E-state index contributed by atoms with van der Waals surface area (Å²) in [6, 6.07) is 15.9. The average Bonchev–Trinajstić information content (AvgIpc) is 3.43. The molecule has 158 valence electrons. The molecule has 0 bridgehead atoms. The van der Waals surface area contributed by atoms with Gasteiger partial charge in [0, 0.05) is 17.2 Å². The zero-order chi connectivity index (χ0) is 21.8. The third-order valence-corrected chi connectivity index (χ3v) is 4.63. The maximum Gasteiger partial charge on any atom is 0.320 e. The number of anilines is 1. The van der Waals surface area contributed by atoms with E-state index >= 15 is 0 Å². The van der Waals surface area contributed by atoms with Gasteiger partial charge in [0.15, 0.2) is 11.6 Å². The molecule has 4 aromatic rings. The van der Waals surface area contributed by atoms with Crippen LogP contribution in [0, 0.1) is 6.92 Å². The standard InChI is InChI=1S/C22H23N7O2/c1-13(2)19-26-21(31-29-19)16-9-11-17(12-10-16)24-22(30)25-18(15-7-5-4-6-8-15)20-23-14(3)27-28-20/h4-13,18H,1-3H3,(H,23,27,28)(H2,24,25,30). The van der Waals surface area contributed by atoms with Crippen molar-refractivity contribution in [2.24, 2.45) is 0 Å². The number of rotatable bonds is 6. The van der Waals surface area contributed by atoms with Crippen molar-refractivity contribution in [2.45, 2.75) is 32.7 Å². The smallest absolute Gasteiger partial charge is 0.320 e. The molecule has 0 aliphatic carbocycles. The van der Waals surface area contributed by atoms with E-state index in [0.29, 0.717) is 29.1 Å². The molecule has 1 unspecified atom stereocenters. The number of aryl methyl sites for hydroxylation is 1. The van der Waals surface area contributed by atoms with Gasteiger partial charge >= 0.3 is 6.03 Å². The van der Waals surface area contributed by atoms with Crippen LogP contribution in [0.3, 0.4) is 0 Å². The van der Waals surface area contributed by atoms with Crippen molar-refractivity contribution in [3.05, 3.63) is 77.6 Å². The Hall–Kier alpha value is -4.01. The molecule has 0 aliphatic heterocycles. The van der Waals surface area contributed by atoms with E-state index in [1.165, 1.54) is 0 Å². The maximum absolute atomic E-state index is 12.7. The van der Waals surface area contributed by atoms with Gasteiger partial charge in [-0.25, -0.2) is 9.78 Å². The quantitative estimate of drug-likeness (QED) is 0.432. The summed E-state index contributed by atoms with van der Waals surface area (Å²) in [4.78, 5) is 21.4. The lowest BCUT2D eigenvalue weighted by molar-refractivity contribution is 0.249. The van der Waals surface area contributed by atoms with Crippen LogP contribution in [0.5, 0.6) is 0 Å². The number of amides is 2. The fourth-order valence-electron chi connectivity index (χ4n) is 3.01. The molecule has 0 spiro atoms. The molecule has 3 N–H and O–H groups in total. The normalized spacial score (nSPS) is 12.0. The molecule has 2 aromatic carbocycles. The number of benzene rings is 2. The summed E-state index contributed by atoms with van der Waals surface area (Å²) < 4.78 is 5.31. The third-order valence-electron chi connectivity index (χ3n) is 4.63. The second-order valence-corrected chi connectivity index (χ2v) is 7.41. The van der Waals surface area contributed by atoms with E-state index in [4.69, 9.17) is 4.52 Å². The molecule has 0 radical (unpaired) electrons. The lowest BCUT2D eigenvalue weighted by Gasteiger charge is -2.17. The van der Waals surface area contributed by atoms with Crippen molar-refractivity contribution in [2.75, 3.05) is 5.32 Å². The molecule has 0 fully saturated rings. The van der Waals surface area contributed by atoms with Crippen LogP contribution in [0.1, 0.15) is 48.8 Å². The predicted molar refractivity (Wildman–Crippen MR) is 115 cm³/mol. The average molecular weight is 417 g/mol. The molecule has 9 nitrogen and oxygen atoms in total. The van der Waals surface area contributed by atoms with Crippen LogP contribution in [0.25, 0.3) is 11.5 Å². The first-order valence-corrected chi connectivity index (χ1v) is 9.95. The highest BCUT2D eigenvalue weighted by Crippen LogP contribution is 2.22. The fraction of sp³-hybridized carbons (Fsp3) is 0.227. The minimum absolute atomic E-state index is 0.187. The van der Waals surface area contributed by atoms with Gasteiger partial charge in [-0.1, -0.05) is 49.3 Å². The van der Waals surface area contributed by atoms with Gasteiger partial charge in [0.1, 0.15) is 11.9 Å². The SMILES string of the molecule is Cc1nc(C(NC(=O)Nc2ccc(-c3nc(C(C)C)no3)cc2)c2ccccc2)n[nH]1. The first kappa shape index (κ1) is 20.3. The number of carbonyl (C=O) groups is 1. The Kier molecular flexibility index (Phi) is 5.74. The highest BCUT2D eigenvalue weighted by Gasteiger charge is 2.21. The molecule has 4 rings (SSSR count). The minimum Gasteiger partial charge on any atom is -0.334 e. The predicted octanol–water partition coefficient (Wildman–Crippen LogP) is 4.20. The van der Waals surface area contributed by atoms with Crippen molar-refractivity contribution >= 4 is 11.7 Å². The van der Waals surface area contributed by atoms with Crippen molar-refractivity contribution in [1.29, 1.82) is 0 Å². The Morgan fingerprint density at radius 1 is 1.00 bits per heavy atom. The van der Waals surface area contributed by atoms with Gasteiger partial charge < -0.3 is 15.2 Å². The molecule has 0 saturated heterocycles. The lowest BCUT2D eigenvalue weighted by atomic mass is 10.1. The van der Waals surface area contributed by atoms with E-state index < -0.39 is 6.04 Å². The number of hydrogen-bond acceptors (Lipinski definition) is 6. The molecule has 9 heteroatoms. The number of nitrogens with zero attached hydrogens (tertiary/aromatic N) is 4. The summed E-state index contributed by atoms with van der Waals surface area (Å²) in [5.41, 5.74) is 2.29. The zero-order valence-corrected chi connectivity index (χ0v) is 17.5. The molecular formula is C22H23N7O2. The fourth-order valence-corrected chi connectivity index (χ4v) is 3.01. The molecule has 0 aliphatic rings. The van der Waals surface area contributed by atoms with Gasteiger partial charge in [-0.05, 0) is 36.8 Å². The molecule has 2 aromatic heterocycles. The van der Waals surface area contributed by atoms with Gasteiger partial charge in [0.2, 0.25) is 0 Å². The van der Waals surface area contributed by atoms with Crippen LogP contribution in [-0.4, -0.2) is 31.4 Å². The van der Waals surface area contributed by atoms with E-state index in [2.05, 4.69) is 36.0 Å². The highest BCUT2D eigenvalue weighted by molar-refractivity contribution is 5.90. The molecule has 2 amide bonds. The van der Waals surface area contributed by atoms with Crippen LogP contribution in [0.2, 0.25) is 0 Å². The second-order valence-electron chi connectivity index (χ2n) is 7.41. The summed E-state index contributed by atoms with van der Waals surface area (Å²) in [6.07, 6.45) is 0. The molecule has 0 saturated carbocycles. The van der Waals surface area contributed by atoms with Crippen LogP contribution in [0.15, 0.2) is 59.1 Å². The molecule has 31 heavy (non-hydrogen) atoms. The first-order valence-electron chi connectivity index (χ1n) is 9.95. The summed E-state index contributed by atoms with van der Waals surface area (Å²) in [5, 5.41) is 16.8. The van der Waals surface area contributed by atoms with E-state index in [1.807, 2.05) is 63.2 Å². The van der Waals surface area contributed by atoms with Crippen molar-refractivity contribution in [3.8, 4) is 11.5 Å². The number of H-pyrrole nitrogens is 1. The van der Waals surface area contributed by atoms with Crippen LogP contribution >= 0.6 is 0 Å². The summed E-state index contributed by atoms with van der Waals surface area (Å²) in [7, 11) is 0. The van der Waals surface area contributed by atoms with E-state index in [9.17, 15) is 4.79 Å². The van der Waals surface area contributed by atoms with Crippen LogP contribution < -0.4 is 10.6 Å². The van der Waals surface area contributed by atoms with Crippen molar-refractivity contribution in [1.82, 2.24) is 30.6 Å². The largest absolute Gasteiger partial charge is 0.334 e. The van der Waals surface area contributed by atoms with E-state index in [0.717, 1.165) is 11.1 Å². The zero-order valence-electron chi connectivity index (χ0n) is 17.5. The maximum atomic E-state index is 12.7. The third kappa shape index (κ3) is 4.77. The Labute approximate surface area is 179 Å². The van der Waals surface area contributed by atoms with Gasteiger partial charge in [-0.15, -0.1) is 0 Å². The van der Waals surface area contributed by atoms with Gasteiger partial charge in [0.05, 0.1) is 0 Å². The first-order chi connectivity index (χ1) is 15.0. The van der Waals surface area contributed by atoms with E-state index in [1.54, 1.807) is 12.1 Å². The topological polar surface area (TPSA) is 122 Å². The summed E-state index contributed by atoms with van der Waals surface area (Å²) >= 11 is 0. The molecular weight excluding hydrogens is 394 g/mol. The Bertz CT molecular complexity index is 1150. The van der Waals surface area contributed by atoms with Crippen molar-refractivity contribution in [3.63, 3.8) is 0 Å². The Balaban J connectivity index is 1.46. The van der Waals surface area contributed by atoms with Crippen LogP contribution in [0.4, 0.5) is 10.5 Å². The monoisotopic (exact) mass is 417 g/mol. The summed E-state index contributed by atoms with van der Waals surface area (Å²) in [6.45, 7) is 5.82. The number of aromatic nitrogens is 5. The number of carbonyl (C=O) groups excluding carboxylic acids is 1. The van der Waals surface area contributed by atoms with Gasteiger partial charge in [-0.3, -0.25) is 5.10 Å². The molecule has 1 atom stereocenters. The van der Waals surface area contributed by atoms with Gasteiger partial charge in [0.25, 0.3) is 5.89 Å². The van der Waals surface area contributed by atoms with E-state index in [-0.39, 0.29) is 11.9 Å². The lowest BCUT2D eigenvalue weighted by Crippen LogP contribution is -2.33. The van der Waals surface area contributed by atoms with Gasteiger partial charge in [-0.2, -0.15) is 10.1 Å². The van der Waals surface area contributed by atoms with Crippen molar-refractivity contribution < 1.29 is 9.32 Å². The number of nitrogens with one attached hydrogen (secondary N) is 3. The highest BCUT2D eigenvalue weighted by atomic mass is 16.5. The number of aromatic amines is 1. The number of urea groups is 1. The number of hydrogen-bond donors (Lipinski definition) is 3. The Morgan fingerprint density at radius 3 is 2.35 bits per heavy atom. The molecule has 2 heterocycles.